The number of benzene rings is 1. The van der Waals surface area contributed by atoms with Gasteiger partial charge in [-0.25, -0.2) is 0 Å². The van der Waals surface area contributed by atoms with Gasteiger partial charge in [0.2, 0.25) is 5.91 Å². The molecule has 120 valence electrons. The quantitative estimate of drug-likeness (QED) is 0.856. The maximum atomic E-state index is 12.7. The van der Waals surface area contributed by atoms with Gasteiger partial charge in [0.1, 0.15) is 0 Å². The normalized spacial score (nSPS) is 23.5. The minimum absolute atomic E-state index is 0.209. The standard InChI is InChI=1S/C18H26N2OS/c1-15-5-2-3-6-16(15)13-19-8-4-7-17(14-19)18(21)20-9-11-22-12-10-20/h2-3,5-6,17H,4,7-14H2,1H3. The summed E-state index contributed by atoms with van der Waals surface area (Å²) < 4.78 is 0. The van der Waals surface area contributed by atoms with E-state index in [4.69, 9.17) is 0 Å². The summed E-state index contributed by atoms with van der Waals surface area (Å²) in [5.74, 6) is 2.81. The molecule has 2 saturated heterocycles. The summed E-state index contributed by atoms with van der Waals surface area (Å²) in [6.07, 6.45) is 2.21. The topological polar surface area (TPSA) is 23.6 Å². The molecular formula is C18H26N2OS. The van der Waals surface area contributed by atoms with Gasteiger partial charge in [-0.3, -0.25) is 9.69 Å². The molecule has 0 saturated carbocycles. The monoisotopic (exact) mass is 318 g/mol. The number of aryl methyl sites for hydroxylation is 1. The van der Waals surface area contributed by atoms with Crippen molar-refractivity contribution in [2.24, 2.45) is 5.92 Å². The number of piperidine rings is 1. The summed E-state index contributed by atoms with van der Waals surface area (Å²) in [5.41, 5.74) is 2.74. The SMILES string of the molecule is Cc1ccccc1CN1CCCC(C(=O)N2CCSCC2)C1. The van der Waals surface area contributed by atoms with Crippen molar-refractivity contribution >= 4 is 17.7 Å². The van der Waals surface area contributed by atoms with E-state index in [-0.39, 0.29) is 5.92 Å². The Morgan fingerprint density at radius 3 is 2.77 bits per heavy atom. The Labute approximate surface area is 138 Å². The van der Waals surface area contributed by atoms with Crippen LogP contribution in [0.5, 0.6) is 0 Å². The fourth-order valence-electron chi connectivity index (χ4n) is 3.47. The van der Waals surface area contributed by atoms with Crippen LogP contribution in [0.4, 0.5) is 0 Å². The lowest BCUT2D eigenvalue weighted by Crippen LogP contribution is -2.47. The number of carbonyl (C=O) groups excluding carboxylic acids is 1. The largest absolute Gasteiger partial charge is 0.341 e. The zero-order valence-corrected chi connectivity index (χ0v) is 14.3. The van der Waals surface area contributed by atoms with Gasteiger partial charge in [0.15, 0.2) is 0 Å². The second kappa shape index (κ2) is 7.51. The number of hydrogen-bond donors (Lipinski definition) is 0. The second-order valence-electron chi connectivity index (χ2n) is 6.44. The number of thioether (sulfide) groups is 1. The molecule has 1 unspecified atom stereocenters. The highest BCUT2D eigenvalue weighted by Crippen LogP contribution is 2.23. The number of rotatable bonds is 3. The average molecular weight is 318 g/mol. The molecule has 2 aliphatic heterocycles. The van der Waals surface area contributed by atoms with Gasteiger partial charge < -0.3 is 4.90 Å². The third kappa shape index (κ3) is 3.85. The summed E-state index contributed by atoms with van der Waals surface area (Å²) in [7, 11) is 0. The summed E-state index contributed by atoms with van der Waals surface area (Å²) >= 11 is 1.96. The van der Waals surface area contributed by atoms with E-state index in [2.05, 4.69) is 41.0 Å². The number of nitrogens with zero attached hydrogens (tertiary/aromatic N) is 2. The van der Waals surface area contributed by atoms with Crippen LogP contribution in [0.15, 0.2) is 24.3 Å². The molecule has 0 bridgehead atoms. The molecule has 0 radical (unpaired) electrons. The molecule has 0 aliphatic carbocycles. The fourth-order valence-corrected chi connectivity index (χ4v) is 4.37. The Hall–Kier alpha value is -1.00. The van der Waals surface area contributed by atoms with E-state index in [1.165, 1.54) is 11.1 Å². The Kier molecular flexibility index (Phi) is 5.42. The fraction of sp³-hybridized carbons (Fsp3) is 0.611. The lowest BCUT2D eigenvalue weighted by Gasteiger charge is -2.36. The summed E-state index contributed by atoms with van der Waals surface area (Å²) in [4.78, 5) is 17.3. The molecule has 3 nitrogen and oxygen atoms in total. The number of hydrogen-bond acceptors (Lipinski definition) is 3. The van der Waals surface area contributed by atoms with Crippen LogP contribution in [0, 0.1) is 12.8 Å². The first kappa shape index (κ1) is 15.9. The van der Waals surface area contributed by atoms with Crippen molar-refractivity contribution in [2.75, 3.05) is 37.7 Å². The van der Waals surface area contributed by atoms with E-state index in [1.807, 2.05) is 11.8 Å². The van der Waals surface area contributed by atoms with Gasteiger partial charge in [-0.05, 0) is 37.4 Å². The van der Waals surface area contributed by atoms with Crippen molar-refractivity contribution in [2.45, 2.75) is 26.3 Å². The molecule has 2 aliphatic rings. The van der Waals surface area contributed by atoms with Gasteiger partial charge in [0.25, 0.3) is 0 Å². The lowest BCUT2D eigenvalue weighted by atomic mass is 9.95. The van der Waals surface area contributed by atoms with E-state index in [1.54, 1.807) is 0 Å². The maximum absolute atomic E-state index is 12.7. The molecule has 1 atom stereocenters. The minimum atomic E-state index is 0.209. The predicted octanol–water partition coefficient (Wildman–Crippen LogP) is 2.78. The van der Waals surface area contributed by atoms with Gasteiger partial charge in [-0.2, -0.15) is 11.8 Å². The van der Waals surface area contributed by atoms with E-state index >= 15 is 0 Å². The molecule has 22 heavy (non-hydrogen) atoms. The van der Waals surface area contributed by atoms with Crippen LogP contribution in [0.1, 0.15) is 24.0 Å². The lowest BCUT2D eigenvalue weighted by molar-refractivity contribution is -0.137. The van der Waals surface area contributed by atoms with Crippen LogP contribution in [0.3, 0.4) is 0 Å². The van der Waals surface area contributed by atoms with E-state index in [9.17, 15) is 4.79 Å². The van der Waals surface area contributed by atoms with Gasteiger partial charge in [-0.15, -0.1) is 0 Å². The minimum Gasteiger partial charge on any atom is -0.341 e. The Balaban J connectivity index is 1.59. The average Bonchev–Trinajstić information content (AvgIpc) is 2.57. The predicted molar refractivity (Wildman–Crippen MR) is 93.1 cm³/mol. The van der Waals surface area contributed by atoms with Crippen molar-refractivity contribution in [3.8, 4) is 0 Å². The van der Waals surface area contributed by atoms with Gasteiger partial charge in [0, 0.05) is 37.7 Å². The highest BCUT2D eigenvalue weighted by Gasteiger charge is 2.29. The number of likely N-dealkylation sites (tertiary alicyclic amines) is 1. The first-order valence-corrected chi connectivity index (χ1v) is 9.53. The Bertz CT molecular complexity index is 514. The van der Waals surface area contributed by atoms with Crippen LogP contribution >= 0.6 is 11.8 Å². The highest BCUT2D eigenvalue weighted by atomic mass is 32.2. The molecule has 2 heterocycles. The third-order valence-corrected chi connectivity index (χ3v) is 5.78. The second-order valence-corrected chi connectivity index (χ2v) is 7.66. The molecule has 0 spiro atoms. The summed E-state index contributed by atoms with van der Waals surface area (Å²) in [6, 6.07) is 8.59. The smallest absolute Gasteiger partial charge is 0.227 e. The summed E-state index contributed by atoms with van der Waals surface area (Å²) in [5, 5.41) is 0. The van der Waals surface area contributed by atoms with Crippen molar-refractivity contribution in [1.82, 2.24) is 9.80 Å². The maximum Gasteiger partial charge on any atom is 0.227 e. The van der Waals surface area contributed by atoms with Crippen molar-refractivity contribution in [3.63, 3.8) is 0 Å². The number of carbonyl (C=O) groups is 1. The first-order chi connectivity index (χ1) is 10.7. The molecule has 3 rings (SSSR count). The van der Waals surface area contributed by atoms with Crippen LogP contribution < -0.4 is 0 Å². The molecule has 1 amide bonds. The van der Waals surface area contributed by atoms with Crippen molar-refractivity contribution < 1.29 is 4.79 Å². The highest BCUT2D eigenvalue weighted by molar-refractivity contribution is 7.99. The van der Waals surface area contributed by atoms with Crippen LogP contribution in [0.25, 0.3) is 0 Å². The van der Waals surface area contributed by atoms with Gasteiger partial charge >= 0.3 is 0 Å². The molecule has 4 heteroatoms. The zero-order chi connectivity index (χ0) is 15.4. The zero-order valence-electron chi connectivity index (χ0n) is 13.5. The third-order valence-electron chi connectivity index (χ3n) is 4.83. The van der Waals surface area contributed by atoms with Gasteiger partial charge in [0.05, 0.1) is 5.92 Å². The van der Waals surface area contributed by atoms with E-state index in [0.29, 0.717) is 5.91 Å². The molecule has 0 N–H and O–H groups in total. The van der Waals surface area contributed by atoms with Gasteiger partial charge in [-0.1, -0.05) is 24.3 Å². The van der Waals surface area contributed by atoms with Crippen LogP contribution in [-0.2, 0) is 11.3 Å². The molecule has 2 fully saturated rings. The molecule has 0 aromatic heterocycles. The van der Waals surface area contributed by atoms with E-state index < -0.39 is 0 Å². The van der Waals surface area contributed by atoms with Crippen LogP contribution in [0.2, 0.25) is 0 Å². The molecule has 1 aromatic rings. The van der Waals surface area contributed by atoms with Crippen molar-refractivity contribution in [1.29, 1.82) is 0 Å². The summed E-state index contributed by atoms with van der Waals surface area (Å²) in [6.45, 7) is 7.08. The van der Waals surface area contributed by atoms with Crippen LogP contribution in [-0.4, -0.2) is 53.4 Å². The molecular weight excluding hydrogens is 292 g/mol. The molecule has 1 aromatic carbocycles. The Morgan fingerprint density at radius 2 is 2.00 bits per heavy atom. The Morgan fingerprint density at radius 1 is 1.23 bits per heavy atom. The van der Waals surface area contributed by atoms with E-state index in [0.717, 1.165) is 57.1 Å². The number of amides is 1. The van der Waals surface area contributed by atoms with Crippen molar-refractivity contribution in [3.05, 3.63) is 35.4 Å². The first-order valence-electron chi connectivity index (χ1n) is 8.37.